The lowest BCUT2D eigenvalue weighted by atomic mass is 9.90. The molecule has 4 rings (SSSR count). The molecule has 1 aliphatic heterocycles. The zero-order valence-corrected chi connectivity index (χ0v) is 14.7. The summed E-state index contributed by atoms with van der Waals surface area (Å²) in [7, 11) is 0. The molecule has 26 heavy (non-hydrogen) atoms. The van der Waals surface area contributed by atoms with Gasteiger partial charge in [0.15, 0.2) is 11.5 Å². The maximum absolute atomic E-state index is 12.6. The van der Waals surface area contributed by atoms with Crippen molar-refractivity contribution in [1.29, 1.82) is 0 Å². The fourth-order valence-corrected chi connectivity index (χ4v) is 3.60. The fraction of sp³-hybridized carbons (Fsp3) is 0.444. The topological polar surface area (TPSA) is 106 Å². The van der Waals surface area contributed by atoms with Crippen LogP contribution in [0.25, 0.3) is 0 Å². The normalized spacial score (nSPS) is 16.7. The van der Waals surface area contributed by atoms with Crippen molar-refractivity contribution in [2.45, 2.75) is 26.7 Å². The van der Waals surface area contributed by atoms with Crippen LogP contribution in [0.1, 0.15) is 66.9 Å². The molecule has 8 nitrogen and oxygen atoms in total. The Hall–Kier alpha value is -2.74. The van der Waals surface area contributed by atoms with Crippen molar-refractivity contribution in [3.63, 3.8) is 0 Å². The monoisotopic (exact) mass is 357 g/mol. The molecule has 1 N–H and O–H groups in total. The number of hydrogen-bond acceptors (Lipinski definition) is 7. The van der Waals surface area contributed by atoms with E-state index in [0.29, 0.717) is 17.8 Å². The van der Waals surface area contributed by atoms with E-state index >= 15 is 0 Å². The van der Waals surface area contributed by atoms with Crippen molar-refractivity contribution < 1.29 is 23.3 Å². The molecule has 0 unspecified atom stereocenters. The van der Waals surface area contributed by atoms with Crippen LogP contribution in [0.15, 0.2) is 8.94 Å². The van der Waals surface area contributed by atoms with Crippen LogP contribution >= 0.6 is 0 Å². The molecule has 1 saturated heterocycles. The number of aromatic nitrogens is 1. The summed E-state index contributed by atoms with van der Waals surface area (Å²) in [6.45, 7) is 6.52. The number of nitrogens with one attached hydrogen (secondary N) is 1. The Morgan fingerprint density at radius 2 is 1.81 bits per heavy atom. The molecule has 0 aromatic carbocycles. The fourth-order valence-electron chi connectivity index (χ4n) is 3.60. The van der Waals surface area contributed by atoms with Crippen molar-refractivity contribution in [2.75, 3.05) is 26.2 Å². The first-order valence-corrected chi connectivity index (χ1v) is 8.68. The average Bonchev–Trinajstić information content (AvgIpc) is 3.32. The van der Waals surface area contributed by atoms with Crippen LogP contribution in [0.5, 0.6) is 0 Å². The maximum Gasteiger partial charge on any atom is 0.287 e. The quantitative estimate of drug-likeness (QED) is 0.754. The van der Waals surface area contributed by atoms with Crippen molar-refractivity contribution in [3.8, 4) is 0 Å². The Kier molecular flexibility index (Phi) is 3.99. The first-order valence-electron chi connectivity index (χ1n) is 8.68. The van der Waals surface area contributed by atoms with Crippen LogP contribution in [-0.4, -0.2) is 53.7 Å². The van der Waals surface area contributed by atoms with Gasteiger partial charge in [-0.3, -0.25) is 14.4 Å². The number of likely N-dealkylation sites (tertiary alicyclic amines) is 1. The van der Waals surface area contributed by atoms with Crippen LogP contribution in [0.3, 0.4) is 0 Å². The van der Waals surface area contributed by atoms with E-state index in [4.69, 9.17) is 8.94 Å². The number of carbonyl (C=O) groups is 3. The van der Waals surface area contributed by atoms with Crippen molar-refractivity contribution >= 4 is 17.5 Å². The van der Waals surface area contributed by atoms with Gasteiger partial charge in [0.05, 0.1) is 11.3 Å². The van der Waals surface area contributed by atoms with Crippen LogP contribution in [0.4, 0.5) is 0 Å². The zero-order valence-electron chi connectivity index (χ0n) is 14.7. The molecule has 8 heteroatoms. The van der Waals surface area contributed by atoms with E-state index in [1.165, 1.54) is 12.8 Å². The largest absolute Gasteiger partial charge is 0.446 e. The van der Waals surface area contributed by atoms with Gasteiger partial charge < -0.3 is 19.2 Å². The van der Waals surface area contributed by atoms with Gasteiger partial charge in [0.1, 0.15) is 5.56 Å². The minimum Gasteiger partial charge on any atom is -0.446 e. The molecule has 136 valence electrons. The van der Waals surface area contributed by atoms with Gasteiger partial charge >= 0.3 is 0 Å². The van der Waals surface area contributed by atoms with E-state index in [1.807, 2.05) is 0 Å². The zero-order chi connectivity index (χ0) is 18.4. The number of furan rings is 1. The highest BCUT2D eigenvalue weighted by atomic mass is 16.5. The molecule has 1 amide bonds. The standard InChI is InChI=1S/C18H19N3O5/c1-9-11-13(22)17-12(10(2)20-26-17)14(23)16(11)25-15(9)18(24)19-5-8-21-6-3-4-7-21/h3-8H2,1-2H3,(H,19,24). The number of fused-ring (bicyclic) bond motifs is 2. The summed E-state index contributed by atoms with van der Waals surface area (Å²) in [4.78, 5) is 40.0. The number of amides is 1. The third-order valence-electron chi connectivity index (χ3n) is 4.99. The van der Waals surface area contributed by atoms with Crippen molar-refractivity contribution in [1.82, 2.24) is 15.4 Å². The molecule has 0 spiro atoms. The summed E-state index contributed by atoms with van der Waals surface area (Å²) in [5, 5.41) is 6.48. The van der Waals surface area contributed by atoms with Crippen molar-refractivity contribution in [3.05, 3.63) is 39.7 Å². The van der Waals surface area contributed by atoms with E-state index in [2.05, 4.69) is 15.4 Å². The maximum atomic E-state index is 12.6. The Morgan fingerprint density at radius 3 is 2.54 bits per heavy atom. The molecular weight excluding hydrogens is 338 g/mol. The van der Waals surface area contributed by atoms with E-state index in [1.54, 1.807) is 13.8 Å². The first-order chi connectivity index (χ1) is 12.5. The summed E-state index contributed by atoms with van der Waals surface area (Å²) in [5.74, 6) is -1.60. The Morgan fingerprint density at radius 1 is 1.12 bits per heavy atom. The Balaban J connectivity index is 1.57. The van der Waals surface area contributed by atoms with Gasteiger partial charge in [-0.2, -0.15) is 0 Å². The lowest BCUT2D eigenvalue weighted by Crippen LogP contribution is -2.33. The van der Waals surface area contributed by atoms with Gasteiger partial charge in [-0.25, -0.2) is 0 Å². The molecule has 2 aliphatic rings. The SMILES string of the molecule is Cc1noc2c1C(=O)c1oc(C(=O)NCCN3CCCC3)c(C)c1C2=O. The third kappa shape index (κ3) is 2.48. The number of ketones is 2. The second-order valence-corrected chi connectivity index (χ2v) is 6.70. The van der Waals surface area contributed by atoms with E-state index in [-0.39, 0.29) is 28.4 Å². The van der Waals surface area contributed by atoms with Gasteiger partial charge in [0.2, 0.25) is 17.3 Å². The Bertz CT molecular complexity index is 916. The van der Waals surface area contributed by atoms with Gasteiger partial charge in [0.25, 0.3) is 5.91 Å². The molecule has 0 bridgehead atoms. The summed E-state index contributed by atoms with van der Waals surface area (Å²) in [5.41, 5.74) is 0.868. The Labute approximate surface area is 149 Å². The summed E-state index contributed by atoms with van der Waals surface area (Å²) >= 11 is 0. The van der Waals surface area contributed by atoms with Crippen LogP contribution < -0.4 is 5.32 Å². The van der Waals surface area contributed by atoms with Crippen LogP contribution in [-0.2, 0) is 0 Å². The number of aryl methyl sites for hydroxylation is 1. The van der Waals surface area contributed by atoms with Gasteiger partial charge in [-0.15, -0.1) is 0 Å². The minimum absolute atomic E-state index is 0.00566. The highest BCUT2D eigenvalue weighted by Crippen LogP contribution is 2.34. The molecule has 0 saturated carbocycles. The molecule has 2 aromatic heterocycles. The molecule has 3 heterocycles. The summed E-state index contributed by atoms with van der Waals surface area (Å²) < 4.78 is 10.5. The van der Waals surface area contributed by atoms with E-state index in [9.17, 15) is 14.4 Å². The summed E-state index contributed by atoms with van der Waals surface area (Å²) in [6.07, 6.45) is 2.37. The van der Waals surface area contributed by atoms with Crippen LogP contribution in [0.2, 0.25) is 0 Å². The third-order valence-corrected chi connectivity index (χ3v) is 4.99. The molecule has 1 fully saturated rings. The molecule has 1 aliphatic carbocycles. The first kappa shape index (κ1) is 16.7. The number of hydrogen-bond donors (Lipinski definition) is 1. The van der Waals surface area contributed by atoms with Crippen molar-refractivity contribution in [2.24, 2.45) is 0 Å². The van der Waals surface area contributed by atoms with Gasteiger partial charge in [-0.05, 0) is 39.8 Å². The van der Waals surface area contributed by atoms with E-state index in [0.717, 1.165) is 19.6 Å². The predicted octanol–water partition coefficient (Wildman–Crippen LogP) is 1.49. The number of carbonyl (C=O) groups excluding carboxylic acids is 3. The average molecular weight is 357 g/mol. The highest BCUT2D eigenvalue weighted by Gasteiger charge is 2.41. The summed E-state index contributed by atoms with van der Waals surface area (Å²) in [6, 6.07) is 0. The molecular formula is C18H19N3O5. The lowest BCUT2D eigenvalue weighted by molar-refractivity contribution is 0.0906. The second-order valence-electron chi connectivity index (χ2n) is 6.70. The van der Waals surface area contributed by atoms with Gasteiger partial charge in [-0.1, -0.05) is 5.16 Å². The smallest absolute Gasteiger partial charge is 0.287 e. The lowest BCUT2D eigenvalue weighted by Gasteiger charge is -2.14. The predicted molar refractivity (Wildman–Crippen MR) is 89.6 cm³/mol. The molecule has 2 aromatic rings. The van der Waals surface area contributed by atoms with Crippen LogP contribution in [0, 0.1) is 13.8 Å². The van der Waals surface area contributed by atoms with Gasteiger partial charge in [0, 0.05) is 18.7 Å². The molecule has 0 atom stereocenters. The minimum atomic E-state index is -0.479. The van der Waals surface area contributed by atoms with E-state index < -0.39 is 17.5 Å². The number of rotatable bonds is 4. The molecule has 0 radical (unpaired) electrons. The highest BCUT2D eigenvalue weighted by molar-refractivity contribution is 6.27. The second kappa shape index (κ2) is 6.21. The number of nitrogens with zero attached hydrogens (tertiary/aromatic N) is 2.